The third-order valence-electron chi connectivity index (χ3n) is 2.24. The number of halogens is 2. The van der Waals surface area contributed by atoms with Gasteiger partial charge in [0.1, 0.15) is 0 Å². The highest BCUT2D eigenvalue weighted by molar-refractivity contribution is 9.10. The lowest BCUT2D eigenvalue weighted by molar-refractivity contribution is 0.603. The molecule has 1 aromatic rings. The molecule has 0 saturated carbocycles. The van der Waals surface area contributed by atoms with Crippen LogP contribution in [0.3, 0.4) is 0 Å². The van der Waals surface area contributed by atoms with Gasteiger partial charge in [0, 0.05) is 10.5 Å². The second-order valence-electron chi connectivity index (χ2n) is 3.42. The van der Waals surface area contributed by atoms with Gasteiger partial charge in [-0.05, 0) is 40.0 Å². The number of hydrogen-bond donors (Lipinski definition) is 1. The van der Waals surface area contributed by atoms with Gasteiger partial charge in [-0.3, -0.25) is 0 Å². The molecule has 0 heterocycles. The zero-order chi connectivity index (χ0) is 10.6. The third kappa shape index (κ3) is 3.26. The maximum Gasteiger partial charge on any atom is 0.0551 e. The highest BCUT2D eigenvalue weighted by atomic mass is 79.9. The molecule has 1 rings (SSSR count). The van der Waals surface area contributed by atoms with Gasteiger partial charge >= 0.3 is 0 Å². The van der Waals surface area contributed by atoms with Crippen LogP contribution < -0.4 is 5.73 Å². The summed E-state index contributed by atoms with van der Waals surface area (Å²) in [5, 5.41) is 0.731. The second kappa shape index (κ2) is 5.74. The number of benzene rings is 1. The van der Waals surface area contributed by atoms with Gasteiger partial charge in [-0.15, -0.1) is 0 Å². The average molecular weight is 277 g/mol. The molecule has 0 aromatic heterocycles. The number of hydrogen-bond acceptors (Lipinski definition) is 1. The molecule has 2 N–H and O–H groups in total. The van der Waals surface area contributed by atoms with Gasteiger partial charge in [-0.2, -0.15) is 0 Å². The Balaban J connectivity index is 2.70. The minimum atomic E-state index is 0.112. The maximum atomic E-state index is 6.03. The average Bonchev–Trinajstić information content (AvgIpc) is 2.18. The Bertz CT molecular complexity index is 301. The van der Waals surface area contributed by atoms with Crippen molar-refractivity contribution >= 4 is 27.5 Å². The lowest BCUT2D eigenvalue weighted by Crippen LogP contribution is -2.09. The molecule has 1 unspecified atom stereocenters. The molecule has 78 valence electrons. The second-order valence-corrected chi connectivity index (χ2v) is 4.68. The van der Waals surface area contributed by atoms with Crippen LogP contribution in [0, 0.1) is 0 Å². The van der Waals surface area contributed by atoms with Crippen LogP contribution in [0.5, 0.6) is 0 Å². The molecule has 0 fully saturated rings. The zero-order valence-electron chi connectivity index (χ0n) is 8.26. The van der Waals surface area contributed by atoms with Crippen molar-refractivity contribution in [3.63, 3.8) is 0 Å². The van der Waals surface area contributed by atoms with Gasteiger partial charge in [-0.25, -0.2) is 0 Å². The van der Waals surface area contributed by atoms with E-state index in [4.69, 9.17) is 17.3 Å². The molecule has 0 aliphatic heterocycles. The molecule has 14 heavy (non-hydrogen) atoms. The molecule has 0 saturated heterocycles. The van der Waals surface area contributed by atoms with Crippen molar-refractivity contribution in [2.24, 2.45) is 5.73 Å². The SMILES string of the molecule is CCCCC(N)c1ccc(Br)c(Cl)c1. The van der Waals surface area contributed by atoms with Crippen LogP contribution in [0.25, 0.3) is 0 Å². The third-order valence-corrected chi connectivity index (χ3v) is 3.47. The molecule has 3 heteroatoms. The summed E-state index contributed by atoms with van der Waals surface area (Å²) in [5.74, 6) is 0. The van der Waals surface area contributed by atoms with Crippen molar-refractivity contribution in [1.29, 1.82) is 0 Å². The van der Waals surface area contributed by atoms with Crippen molar-refractivity contribution in [2.45, 2.75) is 32.2 Å². The van der Waals surface area contributed by atoms with Gasteiger partial charge < -0.3 is 5.73 Å². The summed E-state index contributed by atoms with van der Waals surface area (Å²) in [7, 11) is 0. The van der Waals surface area contributed by atoms with E-state index in [-0.39, 0.29) is 6.04 Å². The van der Waals surface area contributed by atoms with E-state index in [1.165, 1.54) is 6.42 Å². The molecule has 0 aliphatic rings. The summed E-state index contributed by atoms with van der Waals surface area (Å²) in [4.78, 5) is 0. The molecule has 0 spiro atoms. The topological polar surface area (TPSA) is 26.0 Å². The van der Waals surface area contributed by atoms with Crippen molar-refractivity contribution in [3.05, 3.63) is 33.3 Å². The van der Waals surface area contributed by atoms with E-state index >= 15 is 0 Å². The van der Waals surface area contributed by atoms with E-state index < -0.39 is 0 Å². The maximum absolute atomic E-state index is 6.03. The minimum Gasteiger partial charge on any atom is -0.324 e. The number of unbranched alkanes of at least 4 members (excludes halogenated alkanes) is 1. The molecule has 0 aliphatic carbocycles. The summed E-state index contributed by atoms with van der Waals surface area (Å²) >= 11 is 9.35. The summed E-state index contributed by atoms with van der Waals surface area (Å²) in [5.41, 5.74) is 7.14. The molecule has 0 amide bonds. The smallest absolute Gasteiger partial charge is 0.0551 e. The highest BCUT2D eigenvalue weighted by Crippen LogP contribution is 2.26. The van der Waals surface area contributed by atoms with Crippen LogP contribution in [0.2, 0.25) is 5.02 Å². The Hall–Kier alpha value is -0.0500. The van der Waals surface area contributed by atoms with Gasteiger partial charge in [0.05, 0.1) is 5.02 Å². The van der Waals surface area contributed by atoms with Crippen molar-refractivity contribution in [2.75, 3.05) is 0 Å². The quantitative estimate of drug-likeness (QED) is 0.872. The predicted octanol–water partition coefficient (Wildman–Crippen LogP) is 4.29. The van der Waals surface area contributed by atoms with E-state index in [0.717, 1.165) is 27.9 Å². The Kier molecular flexibility index (Phi) is 4.93. The number of rotatable bonds is 4. The van der Waals surface area contributed by atoms with Crippen LogP contribution in [0.4, 0.5) is 0 Å². The first-order chi connectivity index (χ1) is 6.65. The van der Waals surface area contributed by atoms with E-state index in [1.807, 2.05) is 18.2 Å². The molecule has 0 bridgehead atoms. The fourth-order valence-corrected chi connectivity index (χ4v) is 1.77. The lowest BCUT2D eigenvalue weighted by atomic mass is 10.0. The zero-order valence-corrected chi connectivity index (χ0v) is 10.6. The van der Waals surface area contributed by atoms with Crippen LogP contribution in [0.1, 0.15) is 37.8 Å². The lowest BCUT2D eigenvalue weighted by Gasteiger charge is -2.11. The summed E-state index contributed by atoms with van der Waals surface area (Å²) in [6.07, 6.45) is 3.36. The van der Waals surface area contributed by atoms with Crippen molar-refractivity contribution in [3.8, 4) is 0 Å². The Morgan fingerprint density at radius 1 is 1.50 bits per heavy atom. The first-order valence-electron chi connectivity index (χ1n) is 4.85. The first-order valence-corrected chi connectivity index (χ1v) is 6.02. The van der Waals surface area contributed by atoms with Crippen LogP contribution in [-0.2, 0) is 0 Å². The minimum absolute atomic E-state index is 0.112. The fourth-order valence-electron chi connectivity index (χ4n) is 1.33. The van der Waals surface area contributed by atoms with E-state index in [1.54, 1.807) is 0 Å². The summed E-state index contributed by atoms with van der Waals surface area (Å²) in [6, 6.07) is 6.02. The van der Waals surface area contributed by atoms with E-state index in [9.17, 15) is 0 Å². The van der Waals surface area contributed by atoms with Gasteiger partial charge in [0.15, 0.2) is 0 Å². The van der Waals surface area contributed by atoms with Crippen LogP contribution in [0.15, 0.2) is 22.7 Å². The normalized spacial score (nSPS) is 12.9. The summed E-state index contributed by atoms with van der Waals surface area (Å²) in [6.45, 7) is 2.17. The Morgan fingerprint density at radius 2 is 2.21 bits per heavy atom. The van der Waals surface area contributed by atoms with Gasteiger partial charge in [0.2, 0.25) is 0 Å². The predicted molar refractivity (Wildman–Crippen MR) is 65.6 cm³/mol. The van der Waals surface area contributed by atoms with Crippen molar-refractivity contribution < 1.29 is 0 Å². The monoisotopic (exact) mass is 275 g/mol. The molecule has 1 aromatic carbocycles. The van der Waals surface area contributed by atoms with Crippen LogP contribution in [-0.4, -0.2) is 0 Å². The van der Waals surface area contributed by atoms with E-state index in [0.29, 0.717) is 0 Å². The Morgan fingerprint density at radius 3 is 2.79 bits per heavy atom. The van der Waals surface area contributed by atoms with Gasteiger partial charge in [-0.1, -0.05) is 37.4 Å². The molecular weight excluding hydrogens is 261 g/mol. The number of nitrogens with two attached hydrogens (primary N) is 1. The van der Waals surface area contributed by atoms with Crippen molar-refractivity contribution in [1.82, 2.24) is 0 Å². The molecule has 1 nitrogen and oxygen atoms in total. The van der Waals surface area contributed by atoms with Gasteiger partial charge in [0.25, 0.3) is 0 Å². The largest absolute Gasteiger partial charge is 0.324 e. The van der Waals surface area contributed by atoms with Crippen LogP contribution >= 0.6 is 27.5 Å². The van der Waals surface area contributed by atoms with E-state index in [2.05, 4.69) is 22.9 Å². The standard InChI is InChI=1S/C11H15BrClN/c1-2-3-4-11(14)8-5-6-9(12)10(13)7-8/h5-7,11H,2-4,14H2,1H3. The molecule has 1 atom stereocenters. The Labute approximate surface area is 98.8 Å². The fraction of sp³-hybridized carbons (Fsp3) is 0.455. The first kappa shape index (κ1) is 12.0. The molecule has 0 radical (unpaired) electrons. The highest BCUT2D eigenvalue weighted by Gasteiger charge is 2.06. The summed E-state index contributed by atoms with van der Waals surface area (Å²) < 4.78 is 0.922. The molecular formula is C11H15BrClN.